The molecule has 0 bridgehead atoms. The second-order valence-electron chi connectivity index (χ2n) is 3.60. The number of rotatable bonds is 6. The molecule has 0 spiro atoms. The van der Waals surface area contributed by atoms with E-state index in [0.717, 1.165) is 0 Å². The highest BCUT2D eigenvalue weighted by molar-refractivity contribution is 6.28. The summed E-state index contributed by atoms with van der Waals surface area (Å²) in [6.07, 6.45) is -0.656. The minimum atomic E-state index is -0.656. The molecule has 0 atom stereocenters. The fourth-order valence-corrected chi connectivity index (χ4v) is 1.67. The summed E-state index contributed by atoms with van der Waals surface area (Å²) in [4.78, 5) is 4.14. The predicted molar refractivity (Wildman–Crippen MR) is 73.4 cm³/mol. The normalized spacial score (nSPS) is 11.9. The summed E-state index contributed by atoms with van der Waals surface area (Å²) in [5.74, 6) is 0.379. The van der Waals surface area contributed by atoms with Gasteiger partial charge in [0, 0.05) is 19.8 Å². The second-order valence-corrected chi connectivity index (χ2v) is 3.86. The predicted octanol–water partition coefficient (Wildman–Crippen LogP) is 1.92. The number of hydrogen-bond acceptors (Lipinski definition) is 5. The number of phenols is 1. The van der Waals surface area contributed by atoms with Crippen LogP contribution in [-0.4, -0.2) is 38.2 Å². The standard InChI is InChI=1S/C12H17ClN2O4/c1-17-11-8(16)5-4-7(12(18-2)19-3)10(11)15-9(14)6-13/h4-5,12,16H,6H2,1-3H3,(H2,14,15). The van der Waals surface area contributed by atoms with Gasteiger partial charge in [-0.15, -0.1) is 11.6 Å². The van der Waals surface area contributed by atoms with Crippen molar-refractivity contribution in [1.82, 2.24) is 0 Å². The van der Waals surface area contributed by atoms with Gasteiger partial charge < -0.3 is 25.1 Å². The van der Waals surface area contributed by atoms with E-state index in [1.807, 2.05) is 0 Å². The average molecular weight is 289 g/mol. The molecule has 1 aromatic carbocycles. The summed E-state index contributed by atoms with van der Waals surface area (Å²) in [6, 6.07) is 3.09. The van der Waals surface area contributed by atoms with Crippen LogP contribution in [0.3, 0.4) is 0 Å². The maximum atomic E-state index is 9.78. The lowest BCUT2D eigenvalue weighted by Crippen LogP contribution is -2.13. The lowest BCUT2D eigenvalue weighted by atomic mass is 10.1. The highest BCUT2D eigenvalue weighted by atomic mass is 35.5. The zero-order valence-corrected chi connectivity index (χ0v) is 11.8. The SMILES string of the molecule is COc1c(O)ccc(C(OC)OC)c1N=C(N)CCl. The van der Waals surface area contributed by atoms with Crippen LogP contribution in [0.25, 0.3) is 0 Å². The molecule has 19 heavy (non-hydrogen) atoms. The van der Waals surface area contributed by atoms with Crippen molar-refractivity contribution >= 4 is 23.1 Å². The molecule has 0 radical (unpaired) electrons. The van der Waals surface area contributed by atoms with Crippen molar-refractivity contribution in [1.29, 1.82) is 0 Å². The Morgan fingerprint density at radius 3 is 2.47 bits per heavy atom. The van der Waals surface area contributed by atoms with E-state index in [9.17, 15) is 5.11 Å². The maximum absolute atomic E-state index is 9.78. The number of nitrogens with two attached hydrogens (primary N) is 1. The Morgan fingerprint density at radius 2 is 2.00 bits per heavy atom. The Balaban J connectivity index is 3.46. The number of methoxy groups -OCH3 is 3. The Morgan fingerprint density at radius 1 is 1.37 bits per heavy atom. The summed E-state index contributed by atoms with van der Waals surface area (Å²) in [5.41, 5.74) is 6.53. The van der Waals surface area contributed by atoms with E-state index < -0.39 is 6.29 Å². The van der Waals surface area contributed by atoms with Crippen molar-refractivity contribution in [3.05, 3.63) is 17.7 Å². The van der Waals surface area contributed by atoms with Gasteiger partial charge in [-0.3, -0.25) is 0 Å². The number of ether oxygens (including phenoxy) is 3. The van der Waals surface area contributed by atoms with Gasteiger partial charge >= 0.3 is 0 Å². The van der Waals surface area contributed by atoms with Gasteiger partial charge in [0.15, 0.2) is 17.8 Å². The number of alkyl halides is 1. The van der Waals surface area contributed by atoms with Crippen molar-refractivity contribution in [3.8, 4) is 11.5 Å². The molecule has 0 aromatic heterocycles. The van der Waals surface area contributed by atoms with E-state index in [1.54, 1.807) is 6.07 Å². The van der Waals surface area contributed by atoms with E-state index in [-0.39, 0.29) is 23.2 Å². The van der Waals surface area contributed by atoms with E-state index in [2.05, 4.69) is 4.99 Å². The molecule has 1 aromatic rings. The third kappa shape index (κ3) is 3.50. The number of halogens is 1. The minimum Gasteiger partial charge on any atom is -0.504 e. The quantitative estimate of drug-likeness (QED) is 0.361. The van der Waals surface area contributed by atoms with Crippen molar-refractivity contribution in [2.75, 3.05) is 27.2 Å². The molecule has 0 aliphatic rings. The highest BCUT2D eigenvalue weighted by Gasteiger charge is 2.20. The van der Waals surface area contributed by atoms with Crippen molar-refractivity contribution in [3.63, 3.8) is 0 Å². The molecule has 0 amide bonds. The van der Waals surface area contributed by atoms with Gasteiger partial charge in [0.2, 0.25) is 0 Å². The van der Waals surface area contributed by atoms with E-state index in [0.29, 0.717) is 11.3 Å². The minimum absolute atomic E-state index is 0.0571. The third-order valence-corrected chi connectivity index (χ3v) is 2.69. The summed E-state index contributed by atoms with van der Waals surface area (Å²) < 4.78 is 15.5. The zero-order valence-electron chi connectivity index (χ0n) is 11.0. The molecular formula is C12H17ClN2O4. The summed E-state index contributed by atoms with van der Waals surface area (Å²) in [5, 5.41) is 9.78. The molecule has 3 N–H and O–H groups in total. The first-order valence-electron chi connectivity index (χ1n) is 5.43. The molecule has 0 aliphatic carbocycles. The van der Waals surface area contributed by atoms with Gasteiger partial charge in [0.1, 0.15) is 11.5 Å². The van der Waals surface area contributed by atoms with Crippen LogP contribution in [0, 0.1) is 0 Å². The fourth-order valence-electron chi connectivity index (χ4n) is 1.61. The third-order valence-electron chi connectivity index (χ3n) is 2.42. The Hall–Kier alpha value is -1.50. The van der Waals surface area contributed by atoms with Crippen LogP contribution in [-0.2, 0) is 9.47 Å². The van der Waals surface area contributed by atoms with E-state index in [1.165, 1.54) is 27.4 Å². The number of aromatic hydroxyl groups is 1. The molecule has 7 heteroatoms. The summed E-state index contributed by atoms with van der Waals surface area (Å²) >= 11 is 5.62. The lowest BCUT2D eigenvalue weighted by molar-refractivity contribution is -0.105. The second kappa shape index (κ2) is 7.18. The molecule has 1 rings (SSSR count). The van der Waals surface area contributed by atoms with Gasteiger partial charge in [-0.05, 0) is 12.1 Å². The van der Waals surface area contributed by atoms with Crippen molar-refractivity contribution < 1.29 is 19.3 Å². The van der Waals surface area contributed by atoms with Gasteiger partial charge in [-0.25, -0.2) is 4.99 Å². The van der Waals surface area contributed by atoms with Gasteiger partial charge in [0.25, 0.3) is 0 Å². The Bertz CT molecular complexity index is 461. The van der Waals surface area contributed by atoms with E-state index in [4.69, 9.17) is 31.5 Å². The molecule has 0 heterocycles. The molecule has 0 aliphatic heterocycles. The van der Waals surface area contributed by atoms with Gasteiger partial charge in [-0.2, -0.15) is 0 Å². The largest absolute Gasteiger partial charge is 0.504 e. The number of phenolic OH excluding ortho intramolecular Hbond substituents is 1. The number of hydrogen-bond donors (Lipinski definition) is 2. The molecule has 0 unspecified atom stereocenters. The van der Waals surface area contributed by atoms with Crippen molar-refractivity contribution in [2.45, 2.75) is 6.29 Å². The maximum Gasteiger partial charge on any atom is 0.186 e. The first-order valence-corrected chi connectivity index (χ1v) is 5.96. The molecule has 6 nitrogen and oxygen atoms in total. The van der Waals surface area contributed by atoms with Crippen LogP contribution in [0.5, 0.6) is 11.5 Å². The fraction of sp³-hybridized carbons (Fsp3) is 0.417. The van der Waals surface area contributed by atoms with Crippen LogP contribution >= 0.6 is 11.6 Å². The topological polar surface area (TPSA) is 86.3 Å². The van der Waals surface area contributed by atoms with Crippen LogP contribution < -0.4 is 10.5 Å². The Kier molecular flexibility index (Phi) is 5.88. The van der Waals surface area contributed by atoms with Crippen LogP contribution in [0.1, 0.15) is 11.9 Å². The van der Waals surface area contributed by atoms with Crippen LogP contribution in [0.4, 0.5) is 5.69 Å². The number of benzene rings is 1. The molecule has 106 valence electrons. The summed E-state index contributed by atoms with van der Waals surface area (Å²) in [7, 11) is 4.40. The Labute approximate surface area is 116 Å². The van der Waals surface area contributed by atoms with Crippen LogP contribution in [0.2, 0.25) is 0 Å². The summed E-state index contributed by atoms with van der Waals surface area (Å²) in [6.45, 7) is 0. The average Bonchev–Trinajstić information content (AvgIpc) is 2.42. The lowest BCUT2D eigenvalue weighted by Gasteiger charge is -2.18. The molecule has 0 fully saturated rings. The number of nitrogens with zero attached hydrogens (tertiary/aromatic N) is 1. The zero-order chi connectivity index (χ0) is 14.4. The van der Waals surface area contributed by atoms with E-state index >= 15 is 0 Å². The number of amidine groups is 1. The van der Waals surface area contributed by atoms with Crippen LogP contribution in [0.15, 0.2) is 17.1 Å². The van der Waals surface area contributed by atoms with Gasteiger partial charge in [0.05, 0.1) is 13.0 Å². The highest BCUT2D eigenvalue weighted by Crippen LogP contribution is 2.42. The molecular weight excluding hydrogens is 272 g/mol. The van der Waals surface area contributed by atoms with Crippen molar-refractivity contribution in [2.24, 2.45) is 10.7 Å². The van der Waals surface area contributed by atoms with Gasteiger partial charge in [-0.1, -0.05) is 0 Å². The molecule has 0 saturated carbocycles. The first kappa shape index (κ1) is 15.6. The monoisotopic (exact) mass is 288 g/mol. The smallest absolute Gasteiger partial charge is 0.186 e. The first-order chi connectivity index (χ1) is 9.08. The molecule has 0 saturated heterocycles. The number of aliphatic imine (C=N–C) groups is 1.